The van der Waals surface area contributed by atoms with Gasteiger partial charge in [-0.05, 0) is 61.8 Å². The van der Waals surface area contributed by atoms with Crippen LogP contribution in [0.2, 0.25) is 0 Å². The van der Waals surface area contributed by atoms with Crippen LogP contribution in [0.25, 0.3) is 5.57 Å². The molecular formula is C26H33N2O7S2+. The third kappa shape index (κ3) is 8.06. The van der Waals surface area contributed by atoms with E-state index in [0.717, 1.165) is 22.5 Å². The largest absolute Gasteiger partial charge is 0.372 e. The van der Waals surface area contributed by atoms with Crippen molar-refractivity contribution in [3.63, 3.8) is 0 Å². The maximum Gasteiger partial charge on any atom is 0.265 e. The van der Waals surface area contributed by atoms with E-state index in [2.05, 4.69) is 0 Å². The fourth-order valence-corrected chi connectivity index (χ4v) is 5.28. The lowest BCUT2D eigenvalue weighted by Gasteiger charge is -2.24. The number of carbonyl (C=O) groups is 1. The van der Waals surface area contributed by atoms with E-state index in [0.29, 0.717) is 50.2 Å². The van der Waals surface area contributed by atoms with Crippen molar-refractivity contribution in [1.29, 1.82) is 0 Å². The van der Waals surface area contributed by atoms with E-state index >= 15 is 0 Å². The fraction of sp³-hybridized carbons (Fsp3) is 0.385. The molecule has 9 nitrogen and oxygen atoms in total. The molecule has 0 bridgehead atoms. The van der Waals surface area contributed by atoms with E-state index in [-0.39, 0.29) is 17.3 Å². The Kier molecular flexibility index (Phi) is 9.41. The van der Waals surface area contributed by atoms with Gasteiger partial charge in [0, 0.05) is 48.5 Å². The number of Topliss-reactive ketones (excluding diaryl/α,β-unsaturated/α-hetero) is 1. The Bertz CT molecular complexity index is 1380. The number of nitrogens with zero attached hydrogens (tertiary/aromatic N) is 2. The van der Waals surface area contributed by atoms with Crippen molar-refractivity contribution in [2.75, 3.05) is 42.6 Å². The second-order valence-electron chi connectivity index (χ2n) is 8.83. The van der Waals surface area contributed by atoms with Gasteiger partial charge in [0.2, 0.25) is 0 Å². The Morgan fingerprint density at radius 3 is 1.97 bits per heavy atom. The standard InChI is InChI=1S/C26H32N2O7S2/c1-3-27(15-5-17-36(30,31)32)22-11-7-20(8-12-22)24-19-25(26(24)29)21-9-13-23(14-10-21)28(4-2)16-6-18-37(33,34)35/h7-14,19H,3-6,15-18H2,1-2H3,(H-,30,31,32,33,34,35)/p+1. The zero-order chi connectivity index (χ0) is 27.2. The van der Waals surface area contributed by atoms with E-state index in [1.165, 1.54) is 0 Å². The summed E-state index contributed by atoms with van der Waals surface area (Å²) in [5.41, 5.74) is 4.68. The highest BCUT2D eigenvalue weighted by Crippen LogP contribution is 2.34. The van der Waals surface area contributed by atoms with Crippen LogP contribution in [0, 0.1) is 0 Å². The summed E-state index contributed by atoms with van der Waals surface area (Å²) in [7, 11) is -7.96. The first-order chi connectivity index (χ1) is 17.4. The van der Waals surface area contributed by atoms with Crippen LogP contribution in [0.15, 0.2) is 65.8 Å². The van der Waals surface area contributed by atoms with Crippen molar-refractivity contribution in [1.82, 2.24) is 0 Å². The molecule has 11 heteroatoms. The normalized spacial score (nSPS) is 15.6. The summed E-state index contributed by atoms with van der Waals surface area (Å²) in [5.74, 6) is -0.610. The van der Waals surface area contributed by atoms with Gasteiger partial charge in [0.15, 0.2) is 11.5 Å². The number of allylic oxidation sites excluding steroid dienone is 8. The average Bonchev–Trinajstić information content (AvgIpc) is 2.83. The average molecular weight is 550 g/mol. The third-order valence-corrected chi connectivity index (χ3v) is 7.90. The topological polar surface area (TPSA) is 132 Å². The van der Waals surface area contributed by atoms with Gasteiger partial charge in [0.25, 0.3) is 20.2 Å². The van der Waals surface area contributed by atoms with Gasteiger partial charge in [-0.2, -0.15) is 16.8 Å². The summed E-state index contributed by atoms with van der Waals surface area (Å²) >= 11 is 0. The quantitative estimate of drug-likeness (QED) is 0.231. The van der Waals surface area contributed by atoms with Crippen molar-refractivity contribution >= 4 is 43.0 Å². The van der Waals surface area contributed by atoms with Crippen LogP contribution >= 0.6 is 0 Å². The minimum atomic E-state index is -3.98. The van der Waals surface area contributed by atoms with Crippen molar-refractivity contribution < 1.29 is 35.3 Å². The van der Waals surface area contributed by atoms with Crippen LogP contribution in [-0.4, -0.2) is 79.7 Å². The van der Waals surface area contributed by atoms with Gasteiger partial charge in [0.1, 0.15) is 13.1 Å². The van der Waals surface area contributed by atoms with Gasteiger partial charge in [-0.25, -0.2) is 4.58 Å². The summed E-state index contributed by atoms with van der Waals surface area (Å²) in [6.45, 7) is 6.26. The molecule has 0 aliphatic heterocycles. The maximum atomic E-state index is 12.9. The van der Waals surface area contributed by atoms with E-state index < -0.39 is 20.2 Å². The Hall–Kier alpha value is -2.86. The Labute approximate surface area is 218 Å². The predicted octanol–water partition coefficient (Wildman–Crippen LogP) is 2.93. The zero-order valence-electron chi connectivity index (χ0n) is 21.0. The molecule has 1 aromatic rings. The number of hydrogen-bond acceptors (Lipinski definition) is 6. The van der Waals surface area contributed by atoms with E-state index in [4.69, 9.17) is 9.11 Å². The van der Waals surface area contributed by atoms with Gasteiger partial charge >= 0.3 is 0 Å². The molecule has 37 heavy (non-hydrogen) atoms. The molecule has 0 unspecified atom stereocenters. The SMILES string of the molecule is CCN(CCCS(=O)(=O)O)c1ccc(C2=CC(=C3C=CC(=[N+](CC)CCCS(=O)(=O)O)C=C3)C2=O)cc1. The molecule has 2 N–H and O–H groups in total. The summed E-state index contributed by atoms with van der Waals surface area (Å²) in [6.07, 6.45) is 10.0. The molecule has 3 rings (SSSR count). The van der Waals surface area contributed by atoms with Gasteiger partial charge in [-0.15, -0.1) is 0 Å². The lowest BCUT2D eigenvalue weighted by Crippen LogP contribution is -2.25. The summed E-state index contributed by atoms with van der Waals surface area (Å²) < 4.78 is 63.7. The number of carbonyl (C=O) groups excluding carboxylic acids is 1. The molecule has 0 saturated carbocycles. The van der Waals surface area contributed by atoms with Crippen LogP contribution < -0.4 is 4.90 Å². The van der Waals surface area contributed by atoms with Crippen molar-refractivity contribution in [2.24, 2.45) is 0 Å². The highest BCUT2D eigenvalue weighted by molar-refractivity contribution is 7.86. The Balaban J connectivity index is 1.68. The summed E-state index contributed by atoms with van der Waals surface area (Å²) in [5, 5.41) is 0. The molecule has 0 heterocycles. The zero-order valence-corrected chi connectivity index (χ0v) is 22.6. The van der Waals surface area contributed by atoms with Crippen molar-refractivity contribution in [2.45, 2.75) is 26.7 Å². The number of anilines is 1. The molecule has 0 amide bonds. The molecule has 2 aliphatic rings. The first-order valence-electron chi connectivity index (χ1n) is 12.2. The molecule has 0 fully saturated rings. The number of rotatable bonds is 12. The van der Waals surface area contributed by atoms with Gasteiger partial charge in [-0.3, -0.25) is 13.9 Å². The lowest BCUT2D eigenvalue weighted by atomic mass is 9.82. The number of hydrogen-bond donors (Lipinski definition) is 2. The van der Waals surface area contributed by atoms with Gasteiger partial charge in [-0.1, -0.05) is 12.1 Å². The van der Waals surface area contributed by atoms with Crippen LogP contribution in [0.5, 0.6) is 0 Å². The number of ketones is 1. The highest BCUT2D eigenvalue weighted by atomic mass is 32.2. The van der Waals surface area contributed by atoms with Gasteiger partial charge in [0.05, 0.1) is 11.5 Å². The molecule has 200 valence electrons. The summed E-state index contributed by atoms with van der Waals surface area (Å²) in [4.78, 5) is 14.9. The third-order valence-electron chi connectivity index (χ3n) is 6.29. The Morgan fingerprint density at radius 2 is 1.46 bits per heavy atom. The van der Waals surface area contributed by atoms with E-state index in [9.17, 15) is 21.6 Å². The van der Waals surface area contributed by atoms with Crippen molar-refractivity contribution in [3.8, 4) is 0 Å². The molecular weight excluding hydrogens is 516 g/mol. The predicted molar refractivity (Wildman–Crippen MR) is 145 cm³/mol. The minimum absolute atomic E-state index is 0.0403. The maximum absolute atomic E-state index is 12.9. The Morgan fingerprint density at radius 1 is 0.865 bits per heavy atom. The highest BCUT2D eigenvalue weighted by Gasteiger charge is 2.28. The van der Waals surface area contributed by atoms with Crippen LogP contribution in [0.4, 0.5) is 5.69 Å². The van der Waals surface area contributed by atoms with Crippen molar-refractivity contribution in [3.05, 3.63) is 71.4 Å². The molecule has 0 atom stereocenters. The smallest absolute Gasteiger partial charge is 0.265 e. The van der Waals surface area contributed by atoms with E-state index in [1.807, 2.05) is 78.0 Å². The first kappa shape index (κ1) is 28.7. The minimum Gasteiger partial charge on any atom is -0.372 e. The molecule has 0 aromatic heterocycles. The van der Waals surface area contributed by atoms with Crippen LogP contribution in [-0.2, 0) is 25.0 Å². The van der Waals surface area contributed by atoms with Crippen LogP contribution in [0.3, 0.4) is 0 Å². The van der Waals surface area contributed by atoms with Crippen LogP contribution in [0.1, 0.15) is 32.3 Å². The lowest BCUT2D eigenvalue weighted by molar-refractivity contribution is -0.522. The number of benzene rings is 1. The monoisotopic (exact) mass is 549 g/mol. The molecule has 0 radical (unpaired) electrons. The van der Waals surface area contributed by atoms with Gasteiger partial charge < -0.3 is 4.90 Å². The fourth-order valence-electron chi connectivity index (χ4n) is 4.29. The second-order valence-corrected chi connectivity index (χ2v) is 12.0. The molecule has 0 spiro atoms. The molecule has 2 aliphatic carbocycles. The molecule has 0 saturated heterocycles. The summed E-state index contributed by atoms with van der Waals surface area (Å²) in [6, 6.07) is 7.54. The van der Waals surface area contributed by atoms with E-state index in [1.54, 1.807) is 0 Å². The molecule has 1 aromatic carbocycles. The second kappa shape index (κ2) is 12.1. The first-order valence-corrected chi connectivity index (χ1v) is 15.4.